The van der Waals surface area contributed by atoms with Gasteiger partial charge in [-0.05, 0) is 51.8 Å². The summed E-state index contributed by atoms with van der Waals surface area (Å²) in [5, 5.41) is 0. The lowest BCUT2D eigenvalue weighted by Gasteiger charge is -2.67. The maximum absolute atomic E-state index is 13.1. The summed E-state index contributed by atoms with van der Waals surface area (Å²) in [5.41, 5.74) is -0.803. The number of para-hydroxylation sites is 1. The van der Waals surface area contributed by atoms with Crippen LogP contribution >= 0.6 is 23.7 Å². The maximum atomic E-state index is 13.1. The zero-order valence-corrected chi connectivity index (χ0v) is 19.1. The van der Waals surface area contributed by atoms with Crippen molar-refractivity contribution in [2.75, 3.05) is 4.31 Å². The SMILES string of the molecule is CC1(C)C(=O)C(C)(C)C12SN(c1ccccc1)C1(S2)C(C)(C)C(=O)C1(C)C. The fraction of sp³-hybridized carbons (Fsp3) is 0.636. The highest BCUT2D eigenvalue weighted by atomic mass is 32.2. The van der Waals surface area contributed by atoms with Gasteiger partial charge in [-0.15, -0.1) is 11.8 Å². The Morgan fingerprint density at radius 3 is 1.63 bits per heavy atom. The molecule has 2 saturated carbocycles. The fourth-order valence-corrected chi connectivity index (χ4v) is 10.8. The third-order valence-electron chi connectivity index (χ3n) is 7.40. The summed E-state index contributed by atoms with van der Waals surface area (Å²) in [6, 6.07) is 10.3. The Morgan fingerprint density at radius 1 is 0.704 bits per heavy atom. The van der Waals surface area contributed by atoms with Crippen LogP contribution in [0.3, 0.4) is 0 Å². The van der Waals surface area contributed by atoms with Crippen molar-refractivity contribution >= 4 is 41.0 Å². The summed E-state index contributed by atoms with van der Waals surface area (Å²) < 4.78 is 2.07. The van der Waals surface area contributed by atoms with Crippen molar-refractivity contribution in [2.24, 2.45) is 21.7 Å². The number of Topliss-reactive ketones (excluding diaryl/α,β-unsaturated/α-hetero) is 2. The van der Waals surface area contributed by atoms with Gasteiger partial charge >= 0.3 is 0 Å². The molecule has 27 heavy (non-hydrogen) atoms. The van der Waals surface area contributed by atoms with Crippen LogP contribution in [0.25, 0.3) is 0 Å². The largest absolute Gasteiger partial charge is 0.298 e. The average molecular weight is 404 g/mol. The zero-order valence-electron chi connectivity index (χ0n) is 17.5. The van der Waals surface area contributed by atoms with Gasteiger partial charge in [-0.2, -0.15) is 0 Å². The molecule has 1 heterocycles. The van der Waals surface area contributed by atoms with Crippen LogP contribution in [0.5, 0.6) is 0 Å². The van der Waals surface area contributed by atoms with E-state index in [4.69, 9.17) is 0 Å². The third kappa shape index (κ3) is 1.72. The normalized spacial score (nSPS) is 30.3. The maximum Gasteiger partial charge on any atom is 0.150 e. The number of carbonyl (C=O) groups excluding carboxylic acids is 2. The first-order chi connectivity index (χ1) is 12.2. The van der Waals surface area contributed by atoms with E-state index in [1.807, 2.05) is 30.0 Å². The van der Waals surface area contributed by atoms with Crippen LogP contribution in [0.4, 0.5) is 5.69 Å². The second kappa shape index (κ2) is 4.96. The summed E-state index contributed by atoms with van der Waals surface area (Å²) in [6.45, 7) is 16.6. The first kappa shape index (κ1) is 19.4. The van der Waals surface area contributed by atoms with Gasteiger partial charge in [-0.1, -0.05) is 45.9 Å². The number of carbonyl (C=O) groups is 2. The Balaban J connectivity index is 1.96. The summed E-state index contributed by atoms with van der Waals surface area (Å²) in [7, 11) is 0. The Bertz CT molecular complexity index is 818. The lowest BCUT2D eigenvalue weighted by Crippen LogP contribution is -2.77. The van der Waals surface area contributed by atoms with Crippen molar-refractivity contribution in [1.82, 2.24) is 0 Å². The molecule has 146 valence electrons. The first-order valence-corrected chi connectivity index (χ1v) is 11.2. The predicted molar refractivity (Wildman–Crippen MR) is 115 cm³/mol. The molecule has 1 aromatic carbocycles. The average Bonchev–Trinajstić information content (AvgIpc) is 3.03. The molecule has 3 fully saturated rings. The monoisotopic (exact) mass is 403 g/mol. The molecule has 4 rings (SSSR count). The molecule has 0 amide bonds. The second-order valence-electron chi connectivity index (χ2n) is 10.2. The van der Waals surface area contributed by atoms with E-state index in [1.165, 1.54) is 0 Å². The van der Waals surface area contributed by atoms with Gasteiger partial charge in [0.15, 0.2) is 5.78 Å². The lowest BCUT2D eigenvalue weighted by atomic mass is 9.50. The van der Waals surface area contributed by atoms with Gasteiger partial charge in [0.1, 0.15) is 14.7 Å². The number of hydrogen-bond donors (Lipinski definition) is 0. The quantitative estimate of drug-likeness (QED) is 0.575. The number of ketones is 2. The first-order valence-electron chi connectivity index (χ1n) is 9.56. The Kier molecular flexibility index (Phi) is 3.56. The van der Waals surface area contributed by atoms with Gasteiger partial charge in [-0.25, -0.2) is 0 Å². The van der Waals surface area contributed by atoms with E-state index in [-0.39, 0.29) is 4.08 Å². The summed E-state index contributed by atoms with van der Waals surface area (Å²) in [5.74, 6) is 0.601. The molecular weight excluding hydrogens is 374 g/mol. The van der Waals surface area contributed by atoms with Crippen LogP contribution in [0.2, 0.25) is 0 Å². The molecule has 0 N–H and O–H groups in total. The lowest BCUT2D eigenvalue weighted by molar-refractivity contribution is -0.158. The minimum atomic E-state index is -0.502. The van der Waals surface area contributed by atoms with Crippen molar-refractivity contribution < 1.29 is 9.59 Å². The van der Waals surface area contributed by atoms with E-state index in [1.54, 1.807) is 11.9 Å². The zero-order chi connectivity index (χ0) is 20.3. The van der Waals surface area contributed by atoms with Gasteiger partial charge in [-0.3, -0.25) is 13.9 Å². The molecule has 0 radical (unpaired) electrons. The fourth-order valence-electron chi connectivity index (χ4n) is 6.11. The molecule has 1 saturated heterocycles. The molecular formula is C22H29NO2S2. The third-order valence-corrected chi connectivity index (χ3v) is 12.7. The Hall–Kier alpha value is -0.940. The van der Waals surface area contributed by atoms with Crippen LogP contribution < -0.4 is 4.31 Å². The van der Waals surface area contributed by atoms with Crippen molar-refractivity contribution in [3.05, 3.63) is 30.3 Å². The van der Waals surface area contributed by atoms with E-state index in [2.05, 4.69) is 71.8 Å². The molecule has 1 aromatic rings. The molecule has 2 aliphatic carbocycles. The highest BCUT2D eigenvalue weighted by Crippen LogP contribution is 2.85. The van der Waals surface area contributed by atoms with Crippen molar-refractivity contribution in [1.29, 1.82) is 0 Å². The van der Waals surface area contributed by atoms with Gasteiger partial charge in [0.05, 0.1) is 21.7 Å². The second-order valence-corrected chi connectivity index (χ2v) is 13.1. The molecule has 0 unspecified atom stereocenters. The smallest absolute Gasteiger partial charge is 0.150 e. The van der Waals surface area contributed by atoms with Gasteiger partial charge in [0, 0.05) is 5.69 Å². The van der Waals surface area contributed by atoms with Crippen LogP contribution in [-0.2, 0) is 9.59 Å². The van der Waals surface area contributed by atoms with E-state index in [0.717, 1.165) is 5.69 Å². The van der Waals surface area contributed by atoms with Gasteiger partial charge in [0.2, 0.25) is 0 Å². The van der Waals surface area contributed by atoms with Crippen LogP contribution in [0.1, 0.15) is 55.4 Å². The van der Waals surface area contributed by atoms with Gasteiger partial charge < -0.3 is 0 Å². The molecule has 2 spiro atoms. The number of anilines is 1. The van der Waals surface area contributed by atoms with E-state index < -0.39 is 26.5 Å². The van der Waals surface area contributed by atoms with Crippen molar-refractivity contribution in [2.45, 2.75) is 64.3 Å². The molecule has 0 atom stereocenters. The molecule has 0 aromatic heterocycles. The highest BCUT2D eigenvalue weighted by Gasteiger charge is 2.87. The van der Waals surface area contributed by atoms with E-state index >= 15 is 0 Å². The minimum Gasteiger partial charge on any atom is -0.298 e. The number of rotatable bonds is 1. The summed E-state index contributed by atoms with van der Waals surface area (Å²) in [4.78, 5) is 25.7. The topological polar surface area (TPSA) is 37.4 Å². The van der Waals surface area contributed by atoms with Crippen LogP contribution in [0, 0.1) is 21.7 Å². The Labute approximate surface area is 171 Å². The van der Waals surface area contributed by atoms with Crippen LogP contribution in [-0.4, -0.2) is 20.5 Å². The number of nitrogens with zero attached hydrogens (tertiary/aromatic N) is 1. The van der Waals surface area contributed by atoms with Crippen molar-refractivity contribution in [3.63, 3.8) is 0 Å². The van der Waals surface area contributed by atoms with E-state index in [9.17, 15) is 9.59 Å². The minimum absolute atomic E-state index is 0.294. The Morgan fingerprint density at radius 2 is 1.15 bits per heavy atom. The van der Waals surface area contributed by atoms with Gasteiger partial charge in [0.25, 0.3) is 0 Å². The number of benzene rings is 1. The summed E-state index contributed by atoms with van der Waals surface area (Å²) >= 11 is 3.66. The van der Waals surface area contributed by atoms with Crippen LogP contribution in [0.15, 0.2) is 30.3 Å². The van der Waals surface area contributed by atoms with Crippen molar-refractivity contribution in [3.8, 4) is 0 Å². The predicted octanol–water partition coefficient (Wildman–Crippen LogP) is 5.55. The molecule has 0 bridgehead atoms. The molecule has 5 heteroatoms. The highest BCUT2D eigenvalue weighted by molar-refractivity contribution is 8.23. The molecule has 3 aliphatic rings. The molecule has 3 nitrogen and oxygen atoms in total. The summed E-state index contributed by atoms with van der Waals surface area (Å²) in [6.07, 6.45) is 0. The number of hydrogen-bond acceptors (Lipinski definition) is 5. The standard InChI is InChI=1S/C22H29NO2S2/c1-17(2)15(24)18(3,4)21(17)23(14-12-10-9-11-13-14)27-22(26-21)19(5,6)16(25)20(22,7)8/h9-13H,1-8H3. The van der Waals surface area contributed by atoms with E-state index in [0.29, 0.717) is 11.6 Å². The molecule has 1 aliphatic heterocycles. The number of thioether (sulfide) groups is 1.